The molecule has 2 aromatic rings. The molecule has 3 rings (SSSR count). The number of rotatable bonds is 6. The molecule has 1 fully saturated rings. The number of urea groups is 1. The van der Waals surface area contributed by atoms with Gasteiger partial charge in [-0.3, -0.25) is 0 Å². The minimum atomic E-state index is -0.234. The topological polar surface area (TPSA) is 68.8 Å². The smallest absolute Gasteiger partial charge is 0.319 e. The number of carbonyl (C=O) groups is 1. The number of ether oxygens (including phenoxy) is 3. The minimum absolute atomic E-state index is 0.143. The van der Waals surface area contributed by atoms with Gasteiger partial charge in [0.05, 0.1) is 14.2 Å². The number of hydrogen-bond donors (Lipinski definition) is 2. The Morgan fingerprint density at radius 3 is 2.41 bits per heavy atom. The number of carbonyl (C=O) groups excluding carboxylic acids is 1. The second kappa shape index (κ2) is 8.77. The van der Waals surface area contributed by atoms with Gasteiger partial charge in [0.25, 0.3) is 0 Å². The first-order valence-electron chi connectivity index (χ1n) is 9.06. The standard InChI is InChI=1S/C21H26N2O4/c1-25-18-8-6-16(7-9-18)21(10-12-27-13-11-21)15-22-20(24)23-17-4-3-5-19(14-17)26-2/h3-9,14H,10-13,15H2,1-2H3,(H2,22,23,24). The van der Waals surface area contributed by atoms with Gasteiger partial charge in [-0.2, -0.15) is 0 Å². The van der Waals surface area contributed by atoms with Crippen molar-refractivity contribution in [1.82, 2.24) is 5.32 Å². The predicted octanol–water partition coefficient (Wildman–Crippen LogP) is 3.57. The van der Waals surface area contributed by atoms with Gasteiger partial charge in [0, 0.05) is 36.9 Å². The lowest BCUT2D eigenvalue weighted by molar-refractivity contribution is 0.0508. The van der Waals surface area contributed by atoms with E-state index in [2.05, 4.69) is 22.8 Å². The highest BCUT2D eigenvalue weighted by molar-refractivity contribution is 5.89. The summed E-state index contributed by atoms with van der Waals surface area (Å²) in [6, 6.07) is 15.1. The number of benzene rings is 2. The molecule has 0 atom stereocenters. The van der Waals surface area contributed by atoms with Crippen LogP contribution in [0.5, 0.6) is 11.5 Å². The van der Waals surface area contributed by atoms with Crippen LogP contribution in [0, 0.1) is 0 Å². The number of nitrogens with one attached hydrogen (secondary N) is 2. The summed E-state index contributed by atoms with van der Waals surface area (Å²) in [6.45, 7) is 1.91. The first kappa shape index (κ1) is 19.0. The van der Waals surface area contributed by atoms with Crippen LogP contribution < -0.4 is 20.1 Å². The van der Waals surface area contributed by atoms with E-state index in [1.807, 2.05) is 30.3 Å². The van der Waals surface area contributed by atoms with Gasteiger partial charge in [-0.25, -0.2) is 4.79 Å². The SMILES string of the molecule is COc1ccc(C2(CNC(=O)Nc3cccc(OC)c3)CCOCC2)cc1. The Balaban J connectivity index is 1.68. The molecule has 2 N–H and O–H groups in total. The zero-order valence-corrected chi connectivity index (χ0v) is 15.8. The van der Waals surface area contributed by atoms with Gasteiger partial charge in [-0.05, 0) is 42.7 Å². The summed E-state index contributed by atoms with van der Waals surface area (Å²) >= 11 is 0. The molecule has 2 aromatic carbocycles. The first-order valence-corrected chi connectivity index (χ1v) is 9.06. The van der Waals surface area contributed by atoms with Gasteiger partial charge < -0.3 is 24.8 Å². The molecule has 0 radical (unpaired) electrons. The van der Waals surface area contributed by atoms with Gasteiger partial charge in [-0.1, -0.05) is 18.2 Å². The summed E-state index contributed by atoms with van der Waals surface area (Å²) < 4.78 is 16.0. The number of methoxy groups -OCH3 is 2. The fraction of sp³-hybridized carbons (Fsp3) is 0.381. The molecule has 0 unspecified atom stereocenters. The van der Waals surface area contributed by atoms with Crippen LogP contribution in [0.15, 0.2) is 48.5 Å². The highest BCUT2D eigenvalue weighted by atomic mass is 16.5. The molecule has 0 bridgehead atoms. The number of amides is 2. The van der Waals surface area contributed by atoms with Gasteiger partial charge in [0.1, 0.15) is 11.5 Å². The molecule has 6 nitrogen and oxygen atoms in total. The van der Waals surface area contributed by atoms with E-state index in [-0.39, 0.29) is 11.4 Å². The third-order valence-electron chi connectivity index (χ3n) is 5.07. The Hall–Kier alpha value is -2.73. The summed E-state index contributed by atoms with van der Waals surface area (Å²) in [4.78, 5) is 12.4. The third kappa shape index (κ3) is 4.71. The van der Waals surface area contributed by atoms with E-state index in [0.29, 0.717) is 31.2 Å². The Morgan fingerprint density at radius 1 is 1.04 bits per heavy atom. The van der Waals surface area contributed by atoms with Crippen LogP contribution in [0.4, 0.5) is 10.5 Å². The zero-order valence-electron chi connectivity index (χ0n) is 15.8. The van der Waals surface area contributed by atoms with Crippen LogP contribution in [0.2, 0.25) is 0 Å². The molecule has 6 heteroatoms. The van der Waals surface area contributed by atoms with Crippen LogP contribution >= 0.6 is 0 Å². The monoisotopic (exact) mass is 370 g/mol. The van der Waals surface area contributed by atoms with Crippen molar-refractivity contribution in [2.24, 2.45) is 0 Å². The molecule has 1 aliphatic heterocycles. The lowest BCUT2D eigenvalue weighted by Gasteiger charge is -2.38. The number of hydrogen-bond acceptors (Lipinski definition) is 4. The van der Waals surface area contributed by atoms with Crippen LogP contribution in [0.25, 0.3) is 0 Å². The molecule has 1 aliphatic rings. The summed E-state index contributed by atoms with van der Waals surface area (Å²) in [7, 11) is 3.26. The molecule has 1 saturated heterocycles. The van der Waals surface area contributed by atoms with Crippen molar-refractivity contribution in [2.75, 3.05) is 39.3 Å². The fourth-order valence-corrected chi connectivity index (χ4v) is 3.40. The van der Waals surface area contributed by atoms with Crippen LogP contribution in [-0.2, 0) is 10.2 Å². The lowest BCUT2D eigenvalue weighted by atomic mass is 9.74. The predicted molar refractivity (Wildman–Crippen MR) is 105 cm³/mol. The molecule has 0 aliphatic carbocycles. The summed E-state index contributed by atoms with van der Waals surface area (Å²) in [6.07, 6.45) is 1.72. The largest absolute Gasteiger partial charge is 0.497 e. The van der Waals surface area contributed by atoms with Crippen LogP contribution in [0.1, 0.15) is 18.4 Å². The second-order valence-electron chi connectivity index (χ2n) is 6.66. The van der Waals surface area contributed by atoms with Gasteiger partial charge in [0.2, 0.25) is 0 Å². The highest BCUT2D eigenvalue weighted by Gasteiger charge is 2.34. The molecule has 0 saturated carbocycles. The van der Waals surface area contributed by atoms with Crippen molar-refractivity contribution in [3.8, 4) is 11.5 Å². The molecular formula is C21H26N2O4. The molecule has 144 valence electrons. The van der Waals surface area contributed by atoms with Crippen molar-refractivity contribution in [2.45, 2.75) is 18.3 Å². The normalized spacial score (nSPS) is 15.6. The van der Waals surface area contributed by atoms with Gasteiger partial charge in [0.15, 0.2) is 0 Å². The van der Waals surface area contributed by atoms with E-state index in [4.69, 9.17) is 14.2 Å². The highest BCUT2D eigenvalue weighted by Crippen LogP contribution is 2.35. The van der Waals surface area contributed by atoms with Crippen LogP contribution in [-0.4, -0.2) is 40.0 Å². The summed E-state index contributed by atoms with van der Waals surface area (Å²) in [5, 5.41) is 5.89. The molecule has 27 heavy (non-hydrogen) atoms. The molecule has 0 spiro atoms. The molecule has 1 heterocycles. The van der Waals surface area contributed by atoms with Gasteiger partial charge >= 0.3 is 6.03 Å². The van der Waals surface area contributed by atoms with Crippen molar-refractivity contribution < 1.29 is 19.0 Å². The van der Waals surface area contributed by atoms with Crippen molar-refractivity contribution in [3.63, 3.8) is 0 Å². The quantitative estimate of drug-likeness (QED) is 0.816. The third-order valence-corrected chi connectivity index (χ3v) is 5.07. The van der Waals surface area contributed by atoms with Crippen molar-refractivity contribution in [1.29, 1.82) is 0 Å². The van der Waals surface area contributed by atoms with E-state index in [9.17, 15) is 4.79 Å². The van der Waals surface area contributed by atoms with Crippen molar-refractivity contribution >= 4 is 11.7 Å². The van der Waals surface area contributed by atoms with E-state index < -0.39 is 0 Å². The maximum Gasteiger partial charge on any atom is 0.319 e. The summed E-state index contributed by atoms with van der Waals surface area (Å²) in [5.41, 5.74) is 1.74. The van der Waals surface area contributed by atoms with Crippen molar-refractivity contribution in [3.05, 3.63) is 54.1 Å². The fourth-order valence-electron chi connectivity index (χ4n) is 3.40. The Bertz CT molecular complexity index is 755. The maximum atomic E-state index is 12.4. The Kier molecular flexibility index (Phi) is 6.19. The second-order valence-corrected chi connectivity index (χ2v) is 6.66. The average Bonchev–Trinajstić information content (AvgIpc) is 2.73. The van der Waals surface area contributed by atoms with E-state index in [1.54, 1.807) is 20.3 Å². The number of anilines is 1. The van der Waals surface area contributed by atoms with E-state index >= 15 is 0 Å². The molecular weight excluding hydrogens is 344 g/mol. The Morgan fingerprint density at radius 2 is 1.74 bits per heavy atom. The zero-order chi connectivity index (χ0) is 19.1. The van der Waals surface area contributed by atoms with Gasteiger partial charge in [-0.15, -0.1) is 0 Å². The Labute approximate surface area is 159 Å². The van der Waals surface area contributed by atoms with E-state index in [1.165, 1.54) is 5.56 Å². The summed E-state index contributed by atoms with van der Waals surface area (Å²) in [5.74, 6) is 1.52. The van der Waals surface area contributed by atoms with Crippen LogP contribution in [0.3, 0.4) is 0 Å². The maximum absolute atomic E-state index is 12.4. The molecule has 0 aromatic heterocycles. The molecule has 2 amide bonds. The first-order chi connectivity index (χ1) is 13.1. The van der Waals surface area contributed by atoms with E-state index in [0.717, 1.165) is 18.6 Å². The average molecular weight is 370 g/mol. The lowest BCUT2D eigenvalue weighted by Crippen LogP contribution is -2.45. The minimum Gasteiger partial charge on any atom is -0.497 e.